The maximum atomic E-state index is 12.0. The Morgan fingerprint density at radius 1 is 1.22 bits per heavy atom. The number of benzene rings is 1. The molecule has 0 aromatic heterocycles. The molecule has 0 atom stereocenters. The molecule has 1 fully saturated rings. The van der Waals surface area contributed by atoms with Crippen LogP contribution in [0, 0.1) is 0 Å². The Kier molecular flexibility index (Phi) is 7.39. The summed E-state index contributed by atoms with van der Waals surface area (Å²) < 4.78 is 0.903. The molecule has 1 amide bonds. The van der Waals surface area contributed by atoms with Crippen molar-refractivity contribution < 1.29 is 4.79 Å². The first kappa shape index (κ1) is 17.8. The molecular weight excluding hydrogens is 356 g/mol. The minimum Gasteiger partial charge on any atom is -0.355 e. The predicted octanol–water partition coefficient (Wildman–Crippen LogP) is 2.68. The van der Waals surface area contributed by atoms with E-state index in [4.69, 9.17) is 0 Å². The van der Waals surface area contributed by atoms with Crippen LogP contribution in [0.3, 0.4) is 0 Å². The van der Waals surface area contributed by atoms with Gasteiger partial charge in [0.25, 0.3) is 5.91 Å². The van der Waals surface area contributed by atoms with E-state index in [0.717, 1.165) is 10.4 Å². The SMILES string of the molecule is CN=C(NCCNC(=O)c1cccc(Br)c1)NC1CCCCC1. The highest BCUT2D eigenvalue weighted by Gasteiger charge is 2.14. The third-order valence-corrected chi connectivity index (χ3v) is 4.45. The monoisotopic (exact) mass is 380 g/mol. The smallest absolute Gasteiger partial charge is 0.251 e. The summed E-state index contributed by atoms with van der Waals surface area (Å²) >= 11 is 3.37. The molecule has 0 spiro atoms. The molecular formula is C17H25BrN4O. The fourth-order valence-electron chi connectivity index (χ4n) is 2.72. The number of hydrogen-bond donors (Lipinski definition) is 3. The Labute approximate surface area is 146 Å². The summed E-state index contributed by atoms with van der Waals surface area (Å²) in [5.41, 5.74) is 0.657. The van der Waals surface area contributed by atoms with Crippen molar-refractivity contribution >= 4 is 27.8 Å². The number of nitrogens with zero attached hydrogens (tertiary/aromatic N) is 1. The van der Waals surface area contributed by atoms with E-state index in [9.17, 15) is 4.79 Å². The fraction of sp³-hybridized carbons (Fsp3) is 0.529. The molecule has 1 saturated carbocycles. The lowest BCUT2D eigenvalue weighted by molar-refractivity contribution is 0.0954. The van der Waals surface area contributed by atoms with Gasteiger partial charge in [-0.15, -0.1) is 0 Å². The first-order chi connectivity index (χ1) is 11.2. The second kappa shape index (κ2) is 9.55. The van der Waals surface area contributed by atoms with E-state index in [-0.39, 0.29) is 5.91 Å². The van der Waals surface area contributed by atoms with Crippen LogP contribution in [0.4, 0.5) is 0 Å². The van der Waals surface area contributed by atoms with Gasteiger partial charge in [-0.25, -0.2) is 0 Å². The maximum absolute atomic E-state index is 12.0. The third kappa shape index (κ3) is 6.22. The van der Waals surface area contributed by atoms with Crippen LogP contribution in [0.25, 0.3) is 0 Å². The van der Waals surface area contributed by atoms with Gasteiger partial charge in [0.2, 0.25) is 0 Å². The number of nitrogens with one attached hydrogen (secondary N) is 3. The van der Waals surface area contributed by atoms with Crippen molar-refractivity contribution in [2.75, 3.05) is 20.1 Å². The Bertz CT molecular complexity index is 541. The molecule has 1 aliphatic rings. The van der Waals surface area contributed by atoms with E-state index < -0.39 is 0 Å². The van der Waals surface area contributed by atoms with E-state index in [2.05, 4.69) is 36.9 Å². The Hall–Kier alpha value is -1.56. The van der Waals surface area contributed by atoms with E-state index >= 15 is 0 Å². The molecule has 1 aromatic carbocycles. The lowest BCUT2D eigenvalue weighted by Gasteiger charge is -2.24. The molecule has 0 unspecified atom stereocenters. The maximum Gasteiger partial charge on any atom is 0.251 e. The number of carbonyl (C=O) groups is 1. The Morgan fingerprint density at radius 2 is 1.96 bits per heavy atom. The van der Waals surface area contributed by atoms with Gasteiger partial charge in [0.1, 0.15) is 0 Å². The zero-order valence-electron chi connectivity index (χ0n) is 13.6. The second-order valence-electron chi connectivity index (χ2n) is 5.74. The van der Waals surface area contributed by atoms with E-state index in [0.29, 0.717) is 24.7 Å². The molecule has 1 aromatic rings. The largest absolute Gasteiger partial charge is 0.355 e. The van der Waals surface area contributed by atoms with Gasteiger partial charge in [-0.1, -0.05) is 41.3 Å². The van der Waals surface area contributed by atoms with Gasteiger partial charge in [0.15, 0.2) is 5.96 Å². The van der Waals surface area contributed by atoms with E-state index in [1.807, 2.05) is 18.2 Å². The number of carbonyl (C=O) groups excluding carboxylic acids is 1. The highest BCUT2D eigenvalue weighted by atomic mass is 79.9. The van der Waals surface area contributed by atoms with Gasteiger partial charge in [0.05, 0.1) is 0 Å². The molecule has 23 heavy (non-hydrogen) atoms. The van der Waals surface area contributed by atoms with Crippen LogP contribution in [0.1, 0.15) is 42.5 Å². The summed E-state index contributed by atoms with van der Waals surface area (Å²) in [5.74, 6) is 0.747. The van der Waals surface area contributed by atoms with Crippen LogP contribution in [-0.2, 0) is 0 Å². The topological polar surface area (TPSA) is 65.5 Å². The zero-order valence-corrected chi connectivity index (χ0v) is 15.2. The fourth-order valence-corrected chi connectivity index (χ4v) is 3.12. The summed E-state index contributed by atoms with van der Waals surface area (Å²) in [7, 11) is 1.78. The number of rotatable bonds is 5. The number of halogens is 1. The molecule has 0 bridgehead atoms. The molecule has 5 nitrogen and oxygen atoms in total. The summed E-state index contributed by atoms with van der Waals surface area (Å²) in [6, 6.07) is 7.89. The third-order valence-electron chi connectivity index (χ3n) is 3.96. The van der Waals surface area contributed by atoms with Crippen LogP contribution in [0.5, 0.6) is 0 Å². The first-order valence-electron chi connectivity index (χ1n) is 8.20. The van der Waals surface area contributed by atoms with Crippen LogP contribution in [0.15, 0.2) is 33.7 Å². The van der Waals surface area contributed by atoms with Gasteiger partial charge in [0, 0.05) is 36.2 Å². The van der Waals surface area contributed by atoms with Gasteiger partial charge < -0.3 is 16.0 Å². The van der Waals surface area contributed by atoms with Crippen molar-refractivity contribution in [1.29, 1.82) is 0 Å². The number of aliphatic imine (C=N–C) groups is 1. The highest BCUT2D eigenvalue weighted by molar-refractivity contribution is 9.10. The molecule has 2 rings (SSSR count). The van der Waals surface area contributed by atoms with Crippen LogP contribution >= 0.6 is 15.9 Å². The Morgan fingerprint density at radius 3 is 2.65 bits per heavy atom. The van der Waals surface area contributed by atoms with Gasteiger partial charge in [-0.3, -0.25) is 9.79 Å². The Balaban J connectivity index is 1.68. The average molecular weight is 381 g/mol. The predicted molar refractivity (Wildman–Crippen MR) is 97.8 cm³/mol. The number of amides is 1. The van der Waals surface area contributed by atoms with Crippen molar-refractivity contribution in [3.8, 4) is 0 Å². The van der Waals surface area contributed by atoms with Gasteiger partial charge in [-0.2, -0.15) is 0 Å². The molecule has 0 heterocycles. The van der Waals surface area contributed by atoms with Gasteiger partial charge in [-0.05, 0) is 31.0 Å². The van der Waals surface area contributed by atoms with Crippen LogP contribution in [-0.4, -0.2) is 38.0 Å². The lowest BCUT2D eigenvalue weighted by atomic mass is 9.96. The van der Waals surface area contributed by atoms with Crippen molar-refractivity contribution in [1.82, 2.24) is 16.0 Å². The zero-order chi connectivity index (χ0) is 16.5. The van der Waals surface area contributed by atoms with Crippen molar-refractivity contribution in [2.24, 2.45) is 4.99 Å². The summed E-state index contributed by atoms with van der Waals surface area (Å²) in [6.45, 7) is 1.20. The van der Waals surface area contributed by atoms with Gasteiger partial charge >= 0.3 is 0 Å². The molecule has 3 N–H and O–H groups in total. The van der Waals surface area contributed by atoms with Crippen LogP contribution < -0.4 is 16.0 Å². The number of hydrogen-bond acceptors (Lipinski definition) is 2. The van der Waals surface area contributed by atoms with Crippen LogP contribution in [0.2, 0.25) is 0 Å². The van der Waals surface area contributed by atoms with E-state index in [1.54, 1.807) is 13.1 Å². The van der Waals surface area contributed by atoms with Crippen molar-refractivity contribution in [3.05, 3.63) is 34.3 Å². The standard InChI is InChI=1S/C17H25BrN4O/c1-19-17(22-15-8-3-2-4-9-15)21-11-10-20-16(23)13-6-5-7-14(18)12-13/h5-7,12,15H,2-4,8-11H2,1H3,(H,20,23)(H2,19,21,22). The number of guanidine groups is 1. The normalized spacial score (nSPS) is 16.0. The first-order valence-corrected chi connectivity index (χ1v) is 8.99. The molecule has 6 heteroatoms. The van der Waals surface area contributed by atoms with E-state index in [1.165, 1.54) is 32.1 Å². The summed E-state index contributed by atoms with van der Waals surface area (Å²) in [6.07, 6.45) is 6.33. The molecule has 1 aliphatic carbocycles. The second-order valence-corrected chi connectivity index (χ2v) is 6.66. The quantitative estimate of drug-likeness (QED) is 0.418. The molecule has 126 valence electrons. The van der Waals surface area contributed by atoms with Crippen molar-refractivity contribution in [2.45, 2.75) is 38.1 Å². The molecule has 0 aliphatic heterocycles. The summed E-state index contributed by atoms with van der Waals surface area (Å²) in [5, 5.41) is 9.61. The summed E-state index contributed by atoms with van der Waals surface area (Å²) in [4.78, 5) is 16.3. The molecule has 0 saturated heterocycles. The lowest BCUT2D eigenvalue weighted by Crippen LogP contribution is -2.46. The highest BCUT2D eigenvalue weighted by Crippen LogP contribution is 2.17. The minimum atomic E-state index is -0.0664. The minimum absolute atomic E-state index is 0.0664. The molecule has 0 radical (unpaired) electrons. The average Bonchev–Trinajstić information content (AvgIpc) is 2.58. The van der Waals surface area contributed by atoms with Crippen molar-refractivity contribution in [3.63, 3.8) is 0 Å².